The van der Waals surface area contributed by atoms with Gasteiger partial charge in [0.25, 0.3) is 0 Å². The molecule has 1 rings (SSSR count). The Morgan fingerprint density at radius 3 is 2.64 bits per heavy atom. The topological polar surface area (TPSA) is 34.0 Å². The highest BCUT2D eigenvalue weighted by Crippen LogP contribution is 1.94. The Kier molecular flexibility index (Phi) is 4.40. The quantitative estimate of drug-likeness (QED) is 0.765. The van der Waals surface area contributed by atoms with Crippen molar-refractivity contribution < 1.29 is 0 Å². The van der Waals surface area contributed by atoms with Crippen molar-refractivity contribution in [1.82, 2.24) is 9.88 Å². The number of nitrogens with one attached hydrogen (secondary N) is 1. The molecule has 1 aromatic heterocycles. The van der Waals surface area contributed by atoms with E-state index in [1.165, 1.54) is 0 Å². The summed E-state index contributed by atoms with van der Waals surface area (Å²) in [6.45, 7) is 6.24. The number of aromatic nitrogens is 1. The fourth-order valence-corrected chi connectivity index (χ4v) is 1.39. The predicted molar refractivity (Wildman–Crippen MR) is 58.5 cm³/mol. The Labute approximate surface area is 84.8 Å². The van der Waals surface area contributed by atoms with E-state index in [2.05, 4.69) is 19.2 Å². The summed E-state index contributed by atoms with van der Waals surface area (Å²) in [4.78, 5) is 10.8. The number of hydrogen-bond donors (Lipinski definition) is 1. The summed E-state index contributed by atoms with van der Waals surface area (Å²) < 4.78 is 2.04. The summed E-state index contributed by atoms with van der Waals surface area (Å²) >= 11 is 0. The number of pyridine rings is 1. The van der Waals surface area contributed by atoms with Gasteiger partial charge < -0.3 is 9.88 Å². The van der Waals surface area contributed by atoms with E-state index in [0.29, 0.717) is 6.04 Å². The molecule has 1 unspecified atom stereocenters. The molecule has 78 valence electrons. The first-order valence-corrected chi connectivity index (χ1v) is 5.12. The van der Waals surface area contributed by atoms with E-state index in [4.69, 9.17) is 0 Å². The summed E-state index contributed by atoms with van der Waals surface area (Å²) in [5.41, 5.74) is 0.0704. The smallest absolute Gasteiger partial charge is 0.181 e. The average Bonchev–Trinajstić information content (AvgIpc) is 2.17. The molecule has 0 aliphatic rings. The van der Waals surface area contributed by atoms with Crippen LogP contribution in [0, 0.1) is 0 Å². The van der Waals surface area contributed by atoms with Crippen molar-refractivity contribution in [3.8, 4) is 0 Å². The molecule has 0 aliphatic carbocycles. The molecule has 0 radical (unpaired) electrons. The van der Waals surface area contributed by atoms with Crippen LogP contribution in [0.3, 0.4) is 0 Å². The van der Waals surface area contributed by atoms with Crippen LogP contribution in [0.4, 0.5) is 0 Å². The SMILES string of the molecule is CCNC(C)CCn1ccc(=O)cc1. The van der Waals surface area contributed by atoms with E-state index >= 15 is 0 Å². The van der Waals surface area contributed by atoms with Gasteiger partial charge in [-0.2, -0.15) is 0 Å². The molecule has 3 nitrogen and oxygen atoms in total. The van der Waals surface area contributed by atoms with Crippen molar-refractivity contribution in [2.45, 2.75) is 32.9 Å². The van der Waals surface area contributed by atoms with Gasteiger partial charge in [-0.3, -0.25) is 4.79 Å². The van der Waals surface area contributed by atoms with Gasteiger partial charge in [0.1, 0.15) is 0 Å². The number of hydrogen-bond acceptors (Lipinski definition) is 2. The van der Waals surface area contributed by atoms with E-state index in [1.807, 2.05) is 17.0 Å². The standard InChI is InChI=1S/C11H18N2O/c1-3-12-10(2)4-7-13-8-5-11(14)6-9-13/h5-6,8-10,12H,3-4,7H2,1-2H3. The highest BCUT2D eigenvalue weighted by molar-refractivity contribution is 4.93. The molecule has 14 heavy (non-hydrogen) atoms. The Morgan fingerprint density at radius 1 is 1.43 bits per heavy atom. The van der Waals surface area contributed by atoms with Crippen LogP contribution in [-0.4, -0.2) is 17.2 Å². The molecule has 3 heteroatoms. The maximum Gasteiger partial charge on any atom is 0.181 e. The van der Waals surface area contributed by atoms with Gasteiger partial charge in [-0.1, -0.05) is 6.92 Å². The van der Waals surface area contributed by atoms with Crippen molar-refractivity contribution in [3.05, 3.63) is 34.7 Å². The second-order valence-electron chi connectivity index (χ2n) is 3.52. The van der Waals surface area contributed by atoms with Gasteiger partial charge in [0.2, 0.25) is 0 Å². The summed E-state index contributed by atoms with van der Waals surface area (Å²) in [7, 11) is 0. The Morgan fingerprint density at radius 2 is 2.07 bits per heavy atom. The van der Waals surface area contributed by atoms with Gasteiger partial charge in [-0.05, 0) is 19.9 Å². The molecule has 0 saturated carbocycles. The van der Waals surface area contributed by atoms with E-state index in [-0.39, 0.29) is 5.43 Å². The second kappa shape index (κ2) is 5.60. The van der Waals surface area contributed by atoms with Crippen molar-refractivity contribution >= 4 is 0 Å². The molecule has 0 aliphatic heterocycles. The molecule has 1 aromatic rings. The molecule has 0 saturated heterocycles. The minimum Gasteiger partial charge on any atom is -0.354 e. The third-order valence-corrected chi connectivity index (χ3v) is 2.23. The molecular weight excluding hydrogens is 176 g/mol. The zero-order valence-electron chi connectivity index (χ0n) is 8.86. The van der Waals surface area contributed by atoms with E-state index < -0.39 is 0 Å². The first kappa shape index (κ1) is 11.0. The normalized spacial score (nSPS) is 12.7. The molecule has 1 atom stereocenters. The molecule has 0 aromatic carbocycles. The number of aryl methyl sites for hydroxylation is 1. The van der Waals surface area contributed by atoms with Crippen molar-refractivity contribution in [1.29, 1.82) is 0 Å². The summed E-state index contributed by atoms with van der Waals surface area (Å²) in [6.07, 6.45) is 4.75. The Bertz CT molecular complexity index is 299. The van der Waals surface area contributed by atoms with Crippen LogP contribution in [0.15, 0.2) is 29.3 Å². The number of nitrogens with zero attached hydrogens (tertiary/aromatic N) is 1. The van der Waals surface area contributed by atoms with Crippen LogP contribution in [0.5, 0.6) is 0 Å². The molecule has 0 fully saturated rings. The van der Waals surface area contributed by atoms with E-state index in [0.717, 1.165) is 19.5 Å². The molecular formula is C11H18N2O. The second-order valence-corrected chi connectivity index (χ2v) is 3.52. The van der Waals surface area contributed by atoms with Gasteiger partial charge in [0.15, 0.2) is 5.43 Å². The summed E-state index contributed by atoms with van der Waals surface area (Å²) in [6, 6.07) is 3.72. The Balaban J connectivity index is 2.38. The van der Waals surface area contributed by atoms with Crippen LogP contribution >= 0.6 is 0 Å². The summed E-state index contributed by atoms with van der Waals surface area (Å²) in [5.74, 6) is 0. The molecule has 0 spiro atoms. The van der Waals surface area contributed by atoms with Gasteiger partial charge >= 0.3 is 0 Å². The fraction of sp³-hybridized carbons (Fsp3) is 0.545. The lowest BCUT2D eigenvalue weighted by atomic mass is 10.2. The third kappa shape index (κ3) is 3.75. The van der Waals surface area contributed by atoms with E-state index in [1.54, 1.807) is 12.1 Å². The van der Waals surface area contributed by atoms with Crippen molar-refractivity contribution in [2.75, 3.05) is 6.54 Å². The van der Waals surface area contributed by atoms with Crippen LogP contribution in [-0.2, 0) is 6.54 Å². The highest BCUT2D eigenvalue weighted by atomic mass is 16.1. The fourth-order valence-electron chi connectivity index (χ4n) is 1.39. The maximum absolute atomic E-state index is 10.8. The van der Waals surface area contributed by atoms with Crippen LogP contribution in [0.2, 0.25) is 0 Å². The molecule has 0 bridgehead atoms. The minimum atomic E-state index is 0.0704. The maximum atomic E-state index is 10.8. The van der Waals surface area contributed by atoms with Gasteiger partial charge in [-0.15, -0.1) is 0 Å². The van der Waals surface area contributed by atoms with Crippen LogP contribution in [0.1, 0.15) is 20.3 Å². The predicted octanol–water partition coefficient (Wildman–Crippen LogP) is 1.24. The van der Waals surface area contributed by atoms with Crippen molar-refractivity contribution in [3.63, 3.8) is 0 Å². The first-order chi connectivity index (χ1) is 6.72. The average molecular weight is 194 g/mol. The zero-order chi connectivity index (χ0) is 10.4. The van der Waals surface area contributed by atoms with Crippen LogP contribution < -0.4 is 10.7 Å². The Hall–Kier alpha value is -1.09. The molecule has 1 N–H and O–H groups in total. The zero-order valence-corrected chi connectivity index (χ0v) is 8.86. The lowest BCUT2D eigenvalue weighted by Gasteiger charge is -2.13. The number of rotatable bonds is 5. The first-order valence-electron chi connectivity index (χ1n) is 5.12. The van der Waals surface area contributed by atoms with Gasteiger partial charge in [-0.25, -0.2) is 0 Å². The lowest BCUT2D eigenvalue weighted by molar-refractivity contribution is 0.486. The third-order valence-electron chi connectivity index (χ3n) is 2.23. The van der Waals surface area contributed by atoms with Gasteiger partial charge in [0.05, 0.1) is 0 Å². The lowest BCUT2D eigenvalue weighted by Crippen LogP contribution is -2.26. The monoisotopic (exact) mass is 194 g/mol. The van der Waals surface area contributed by atoms with Crippen LogP contribution in [0.25, 0.3) is 0 Å². The molecule has 1 heterocycles. The largest absolute Gasteiger partial charge is 0.354 e. The summed E-state index contributed by atoms with van der Waals surface area (Å²) in [5, 5.41) is 3.35. The molecule has 0 amide bonds. The van der Waals surface area contributed by atoms with E-state index in [9.17, 15) is 4.79 Å². The highest BCUT2D eigenvalue weighted by Gasteiger charge is 1.98. The van der Waals surface area contributed by atoms with Gasteiger partial charge in [0, 0.05) is 37.1 Å². The van der Waals surface area contributed by atoms with Crippen molar-refractivity contribution in [2.24, 2.45) is 0 Å². The minimum absolute atomic E-state index is 0.0704.